The Kier molecular flexibility index (Phi) is 8.68. The topological polar surface area (TPSA) is 131 Å². The molecule has 46 heavy (non-hydrogen) atoms. The van der Waals surface area contributed by atoms with Gasteiger partial charge in [0.1, 0.15) is 24.3 Å². The normalized spacial score (nSPS) is 25.2. The van der Waals surface area contributed by atoms with Gasteiger partial charge in [-0.05, 0) is 54.7 Å². The summed E-state index contributed by atoms with van der Waals surface area (Å²) >= 11 is 12.8. The minimum Gasteiger partial charge on any atom is -0.352 e. The molecule has 4 heterocycles. The molecule has 244 valence electrons. The molecule has 1 spiro atoms. The highest BCUT2D eigenvalue weighted by atomic mass is 35.5. The fourth-order valence-electron chi connectivity index (χ4n) is 7.40. The van der Waals surface area contributed by atoms with Crippen molar-refractivity contribution in [2.45, 2.75) is 56.0 Å². The van der Waals surface area contributed by atoms with Crippen molar-refractivity contribution in [1.29, 1.82) is 0 Å². The molecule has 4 aliphatic heterocycles. The van der Waals surface area contributed by atoms with Gasteiger partial charge < -0.3 is 15.5 Å². The zero-order valence-corrected chi connectivity index (χ0v) is 28.0. The maximum Gasteiger partial charge on any atom is 0.262 e. The average molecular weight is 688 g/mol. The van der Waals surface area contributed by atoms with E-state index in [1.54, 1.807) is 18.2 Å². The molecule has 2 N–H and O–H groups in total. The number of sulfonamides is 1. The number of hydrazone groups is 1. The molecular formula is C32H36Cl2N6O5S. The molecule has 0 bridgehead atoms. The molecule has 1 unspecified atom stereocenters. The van der Waals surface area contributed by atoms with Crippen LogP contribution >= 0.6 is 23.2 Å². The van der Waals surface area contributed by atoms with Crippen molar-refractivity contribution in [3.05, 3.63) is 75.8 Å². The lowest BCUT2D eigenvalue weighted by atomic mass is 9.58. The number of amidine groups is 1. The molecule has 2 fully saturated rings. The number of nitrogens with zero attached hydrogens (tertiary/aromatic N) is 4. The van der Waals surface area contributed by atoms with Gasteiger partial charge in [-0.15, -0.1) is 0 Å². The number of anilines is 1. The SMILES string of the molecule is C=C(CC)[C@H]1N2CC(=O)N(CC(=O)NC3CCN(S(C)(=O)=O)CC3)N=C2C[C@@H](c2cccc(Cl)c2)C12C(=O)Nc1cc(Cl)ccc12. The highest BCUT2D eigenvalue weighted by molar-refractivity contribution is 7.88. The quantitative estimate of drug-likeness (QED) is 0.427. The van der Waals surface area contributed by atoms with E-state index in [9.17, 15) is 22.8 Å². The van der Waals surface area contributed by atoms with Crippen molar-refractivity contribution < 1.29 is 22.8 Å². The second-order valence-corrected chi connectivity index (χ2v) is 15.2. The smallest absolute Gasteiger partial charge is 0.262 e. The van der Waals surface area contributed by atoms with Gasteiger partial charge in [0.15, 0.2) is 0 Å². The number of carbonyl (C=O) groups is 3. The summed E-state index contributed by atoms with van der Waals surface area (Å²) < 4.78 is 25.1. The minimum absolute atomic E-state index is 0.0945. The van der Waals surface area contributed by atoms with Gasteiger partial charge in [-0.3, -0.25) is 14.4 Å². The van der Waals surface area contributed by atoms with Gasteiger partial charge in [0.2, 0.25) is 21.8 Å². The number of hydrogen-bond donors (Lipinski definition) is 2. The minimum atomic E-state index is -3.29. The lowest BCUT2D eigenvalue weighted by Crippen LogP contribution is -2.67. The van der Waals surface area contributed by atoms with E-state index in [2.05, 4.69) is 17.2 Å². The van der Waals surface area contributed by atoms with Crippen LogP contribution in [0.1, 0.15) is 49.7 Å². The van der Waals surface area contributed by atoms with Crippen molar-refractivity contribution in [1.82, 2.24) is 19.5 Å². The molecule has 2 aromatic carbocycles. The van der Waals surface area contributed by atoms with Gasteiger partial charge >= 0.3 is 0 Å². The first-order valence-electron chi connectivity index (χ1n) is 15.3. The Morgan fingerprint density at radius 1 is 1.13 bits per heavy atom. The lowest BCUT2D eigenvalue weighted by Gasteiger charge is -2.54. The van der Waals surface area contributed by atoms with Crippen LogP contribution in [0.4, 0.5) is 5.69 Å². The number of amides is 3. The van der Waals surface area contributed by atoms with E-state index in [-0.39, 0.29) is 36.9 Å². The van der Waals surface area contributed by atoms with Crippen LogP contribution in [0.25, 0.3) is 0 Å². The van der Waals surface area contributed by atoms with E-state index in [4.69, 9.17) is 28.3 Å². The Balaban J connectivity index is 1.35. The Hall–Kier alpha value is -3.45. The maximum atomic E-state index is 14.4. The third-order valence-corrected chi connectivity index (χ3v) is 11.3. The molecule has 2 aromatic rings. The summed E-state index contributed by atoms with van der Waals surface area (Å²) in [6, 6.07) is 12.0. The van der Waals surface area contributed by atoms with E-state index in [0.717, 1.165) is 16.7 Å². The predicted molar refractivity (Wildman–Crippen MR) is 177 cm³/mol. The summed E-state index contributed by atoms with van der Waals surface area (Å²) in [5.41, 5.74) is 1.81. The van der Waals surface area contributed by atoms with Crippen LogP contribution in [0.2, 0.25) is 10.0 Å². The van der Waals surface area contributed by atoms with Crippen LogP contribution in [-0.4, -0.2) is 90.7 Å². The number of halogens is 2. The van der Waals surface area contributed by atoms with Crippen LogP contribution in [0, 0.1) is 0 Å². The van der Waals surface area contributed by atoms with E-state index in [1.165, 1.54) is 15.6 Å². The van der Waals surface area contributed by atoms with Crippen LogP contribution in [-0.2, 0) is 29.8 Å². The fraction of sp³-hybridized carbons (Fsp3) is 0.438. The highest BCUT2D eigenvalue weighted by Gasteiger charge is 2.63. The maximum absolute atomic E-state index is 14.4. The summed E-state index contributed by atoms with van der Waals surface area (Å²) in [7, 11) is -3.29. The lowest BCUT2D eigenvalue weighted by molar-refractivity contribution is -0.139. The summed E-state index contributed by atoms with van der Waals surface area (Å²) in [4.78, 5) is 43.0. The zero-order chi connectivity index (χ0) is 33.0. The summed E-state index contributed by atoms with van der Waals surface area (Å²) in [5.74, 6) is -0.853. The van der Waals surface area contributed by atoms with Gasteiger partial charge in [0, 0.05) is 47.2 Å². The van der Waals surface area contributed by atoms with Crippen LogP contribution in [0.5, 0.6) is 0 Å². The number of carbonyl (C=O) groups excluding carboxylic acids is 3. The van der Waals surface area contributed by atoms with E-state index < -0.39 is 27.4 Å². The first-order valence-corrected chi connectivity index (χ1v) is 17.9. The van der Waals surface area contributed by atoms with Crippen molar-refractivity contribution in [2.24, 2.45) is 5.10 Å². The third-order valence-electron chi connectivity index (χ3n) is 9.56. The highest BCUT2D eigenvalue weighted by Crippen LogP contribution is 2.57. The molecule has 3 amide bonds. The Bertz CT molecular complexity index is 1760. The fourth-order valence-corrected chi connectivity index (χ4v) is 8.64. The molecule has 4 aliphatic rings. The van der Waals surface area contributed by atoms with Gasteiger partial charge in [0.05, 0.1) is 12.3 Å². The summed E-state index contributed by atoms with van der Waals surface area (Å²) in [6.07, 6.45) is 2.97. The van der Waals surface area contributed by atoms with E-state index in [1.807, 2.05) is 36.1 Å². The number of hydrogen-bond acceptors (Lipinski definition) is 7. The molecule has 0 saturated carbocycles. The Morgan fingerprint density at radius 3 is 2.52 bits per heavy atom. The number of piperidine rings is 2. The summed E-state index contributed by atoms with van der Waals surface area (Å²) in [5, 5.41) is 12.9. The average Bonchev–Trinajstić information content (AvgIpc) is 3.27. The van der Waals surface area contributed by atoms with Crippen molar-refractivity contribution >= 4 is 62.5 Å². The van der Waals surface area contributed by atoms with Crippen molar-refractivity contribution in [3.63, 3.8) is 0 Å². The molecule has 0 aliphatic carbocycles. The Labute approximate surface area is 278 Å². The molecular weight excluding hydrogens is 651 g/mol. The molecule has 6 rings (SSSR count). The number of nitrogens with one attached hydrogen (secondary N) is 2. The molecule has 2 saturated heterocycles. The second-order valence-electron chi connectivity index (χ2n) is 12.3. The van der Waals surface area contributed by atoms with Gasteiger partial charge in [-0.25, -0.2) is 17.7 Å². The van der Waals surface area contributed by atoms with Crippen molar-refractivity contribution in [3.8, 4) is 0 Å². The monoisotopic (exact) mass is 686 g/mol. The summed E-state index contributed by atoms with van der Waals surface area (Å²) in [6.45, 7) is 6.63. The number of rotatable bonds is 7. The van der Waals surface area contributed by atoms with Crippen LogP contribution < -0.4 is 10.6 Å². The van der Waals surface area contributed by atoms with Gasteiger partial charge in [-0.1, -0.05) is 60.5 Å². The van der Waals surface area contributed by atoms with E-state index in [0.29, 0.717) is 60.3 Å². The third kappa shape index (κ3) is 5.69. The van der Waals surface area contributed by atoms with Gasteiger partial charge in [0.25, 0.3) is 5.91 Å². The van der Waals surface area contributed by atoms with Gasteiger partial charge in [-0.2, -0.15) is 5.10 Å². The zero-order valence-electron chi connectivity index (χ0n) is 25.6. The standard InChI is InChI=1S/C32H36Cl2N6O5S/c1-4-19(2)30-32(24-9-8-22(34)15-26(24)36-31(32)43)25(20-6-5-7-21(33)14-20)16-27-37-40(29(42)18-39(27)30)17-28(41)35-23-10-12-38(13-11-23)46(3,44)45/h5-9,14-15,23,25,30H,2,4,10-13,16-18H2,1,3H3,(H,35,41)(H,36,43)/t25-,30+,32?/m0/s1. The molecule has 0 aromatic heterocycles. The first kappa shape index (κ1) is 32.5. The van der Waals surface area contributed by atoms with Crippen LogP contribution in [0.3, 0.4) is 0 Å². The van der Waals surface area contributed by atoms with E-state index >= 15 is 0 Å². The number of fused-ring (bicyclic) bond motifs is 3. The Morgan fingerprint density at radius 2 is 1.85 bits per heavy atom. The van der Waals surface area contributed by atoms with Crippen molar-refractivity contribution in [2.75, 3.05) is 37.8 Å². The largest absolute Gasteiger partial charge is 0.352 e. The molecule has 14 heteroatoms. The molecule has 11 nitrogen and oxygen atoms in total. The molecule has 3 atom stereocenters. The van der Waals surface area contributed by atoms with Crippen LogP contribution in [0.15, 0.2) is 59.7 Å². The predicted octanol–water partition coefficient (Wildman–Crippen LogP) is 3.70. The second kappa shape index (κ2) is 12.3. The molecule has 0 radical (unpaired) electrons. The first-order chi connectivity index (χ1) is 21.8. The number of benzene rings is 2.